The van der Waals surface area contributed by atoms with E-state index in [1.807, 2.05) is 4.68 Å². The zero-order chi connectivity index (χ0) is 14.0. The second kappa shape index (κ2) is 5.65. The highest BCUT2D eigenvalue weighted by Gasteiger charge is 2.17. The number of sulfonamides is 1. The topological polar surface area (TPSA) is 73.2 Å². The van der Waals surface area contributed by atoms with Crippen molar-refractivity contribution in [2.45, 2.75) is 23.8 Å². The van der Waals surface area contributed by atoms with Gasteiger partial charge in [0.25, 0.3) is 0 Å². The van der Waals surface area contributed by atoms with E-state index in [4.69, 9.17) is 4.74 Å². The predicted molar refractivity (Wildman–Crippen MR) is 75.1 cm³/mol. The molecule has 0 unspecified atom stereocenters. The molecule has 0 amide bonds. The fourth-order valence-electron chi connectivity index (χ4n) is 2.18. The molecule has 0 fully saturated rings. The van der Waals surface area contributed by atoms with Gasteiger partial charge in [0.1, 0.15) is 4.21 Å². The molecular weight excluding hydrogens is 298 g/mol. The van der Waals surface area contributed by atoms with Gasteiger partial charge in [0.15, 0.2) is 0 Å². The van der Waals surface area contributed by atoms with Gasteiger partial charge in [-0.25, -0.2) is 13.1 Å². The summed E-state index contributed by atoms with van der Waals surface area (Å²) < 4.78 is 34.1. The van der Waals surface area contributed by atoms with Crippen LogP contribution in [0.2, 0.25) is 0 Å². The first-order valence-corrected chi connectivity index (χ1v) is 8.67. The van der Waals surface area contributed by atoms with Crippen molar-refractivity contribution in [3.05, 3.63) is 35.0 Å². The zero-order valence-corrected chi connectivity index (χ0v) is 12.4. The molecule has 3 rings (SSSR count). The lowest BCUT2D eigenvalue weighted by Gasteiger charge is -2.14. The van der Waals surface area contributed by atoms with Gasteiger partial charge in [-0.15, -0.1) is 11.3 Å². The summed E-state index contributed by atoms with van der Waals surface area (Å²) in [5, 5.41) is 6.03. The molecule has 1 N–H and O–H groups in total. The third kappa shape index (κ3) is 2.78. The van der Waals surface area contributed by atoms with Gasteiger partial charge in [-0.2, -0.15) is 5.10 Å². The summed E-state index contributed by atoms with van der Waals surface area (Å²) in [6, 6.07) is 3.32. The van der Waals surface area contributed by atoms with Gasteiger partial charge in [0, 0.05) is 24.2 Å². The van der Waals surface area contributed by atoms with E-state index in [1.165, 1.54) is 11.3 Å². The Labute approximate surface area is 121 Å². The Bertz CT molecular complexity index is 677. The molecule has 3 heterocycles. The molecule has 0 saturated heterocycles. The number of fused-ring (bicyclic) bond motifs is 1. The molecule has 0 aliphatic carbocycles. The fraction of sp³-hybridized carbons (Fsp3) is 0.417. The molecule has 8 heteroatoms. The number of hydrogen-bond acceptors (Lipinski definition) is 5. The number of ether oxygens (including phenoxy) is 1. The normalized spacial score (nSPS) is 15.2. The number of thiophene rings is 1. The third-order valence-electron chi connectivity index (χ3n) is 3.15. The van der Waals surface area contributed by atoms with Crippen molar-refractivity contribution in [2.75, 3.05) is 13.2 Å². The van der Waals surface area contributed by atoms with Crippen molar-refractivity contribution < 1.29 is 13.2 Å². The molecule has 6 nitrogen and oxygen atoms in total. The SMILES string of the molecule is O=S(=O)(NCCn1ncc2c1CCOC2)c1cccs1. The highest BCUT2D eigenvalue weighted by atomic mass is 32.2. The van der Waals surface area contributed by atoms with Crippen LogP contribution < -0.4 is 4.72 Å². The van der Waals surface area contributed by atoms with Crippen molar-refractivity contribution in [1.82, 2.24) is 14.5 Å². The summed E-state index contributed by atoms with van der Waals surface area (Å²) in [4.78, 5) is 0. The Hall–Kier alpha value is -1.22. The Morgan fingerprint density at radius 3 is 3.20 bits per heavy atom. The first-order valence-electron chi connectivity index (χ1n) is 6.31. The van der Waals surface area contributed by atoms with E-state index in [-0.39, 0.29) is 0 Å². The summed E-state index contributed by atoms with van der Waals surface area (Å²) in [6.07, 6.45) is 2.62. The van der Waals surface area contributed by atoms with Crippen LogP contribution in [0.1, 0.15) is 11.3 Å². The first kappa shape index (κ1) is 13.7. The molecular formula is C12H15N3O3S2. The smallest absolute Gasteiger partial charge is 0.250 e. The van der Waals surface area contributed by atoms with Gasteiger partial charge in [0.2, 0.25) is 10.0 Å². The average Bonchev–Trinajstić information content (AvgIpc) is 3.08. The van der Waals surface area contributed by atoms with Crippen LogP contribution in [0.15, 0.2) is 27.9 Å². The van der Waals surface area contributed by atoms with E-state index < -0.39 is 10.0 Å². The maximum absolute atomic E-state index is 12.0. The van der Waals surface area contributed by atoms with Crippen LogP contribution in [0.5, 0.6) is 0 Å². The standard InChI is InChI=1S/C12H15N3O3S2/c16-20(17,12-2-1-7-19-12)14-4-5-15-11-3-6-18-9-10(11)8-13-15/h1-2,7-8,14H,3-6,9H2. The molecule has 1 aliphatic rings. The molecule has 20 heavy (non-hydrogen) atoms. The van der Waals surface area contributed by atoms with Crippen LogP contribution in [0.25, 0.3) is 0 Å². The Kier molecular flexibility index (Phi) is 3.88. The quantitative estimate of drug-likeness (QED) is 0.893. The van der Waals surface area contributed by atoms with Crippen LogP contribution in [0.4, 0.5) is 0 Å². The van der Waals surface area contributed by atoms with E-state index in [9.17, 15) is 8.42 Å². The highest BCUT2D eigenvalue weighted by molar-refractivity contribution is 7.91. The zero-order valence-electron chi connectivity index (χ0n) is 10.8. The van der Waals surface area contributed by atoms with Crippen LogP contribution in [-0.2, 0) is 34.3 Å². The van der Waals surface area contributed by atoms with Gasteiger partial charge in [-0.1, -0.05) is 6.07 Å². The Morgan fingerprint density at radius 2 is 2.40 bits per heavy atom. The number of nitrogens with one attached hydrogen (secondary N) is 1. The van der Waals surface area contributed by atoms with Crippen molar-refractivity contribution in [1.29, 1.82) is 0 Å². The number of aromatic nitrogens is 2. The van der Waals surface area contributed by atoms with Gasteiger partial charge in [-0.3, -0.25) is 4.68 Å². The van der Waals surface area contributed by atoms with E-state index in [0.29, 0.717) is 30.5 Å². The van der Waals surface area contributed by atoms with E-state index in [2.05, 4.69) is 9.82 Å². The highest BCUT2D eigenvalue weighted by Crippen LogP contribution is 2.17. The summed E-state index contributed by atoms with van der Waals surface area (Å²) in [5.74, 6) is 0. The maximum Gasteiger partial charge on any atom is 0.250 e. The van der Waals surface area contributed by atoms with Crippen LogP contribution in [-0.4, -0.2) is 31.3 Å². The summed E-state index contributed by atoms with van der Waals surface area (Å²) >= 11 is 1.21. The van der Waals surface area contributed by atoms with Crippen LogP contribution in [0, 0.1) is 0 Å². The lowest BCUT2D eigenvalue weighted by atomic mass is 10.2. The van der Waals surface area contributed by atoms with E-state index in [1.54, 1.807) is 23.7 Å². The first-order chi connectivity index (χ1) is 9.67. The lowest BCUT2D eigenvalue weighted by Crippen LogP contribution is -2.28. The summed E-state index contributed by atoms with van der Waals surface area (Å²) in [7, 11) is -3.39. The minimum atomic E-state index is -3.39. The van der Waals surface area contributed by atoms with Gasteiger partial charge in [0.05, 0.1) is 26.0 Å². The molecule has 2 aromatic rings. The number of hydrogen-bond donors (Lipinski definition) is 1. The molecule has 0 saturated carbocycles. The molecule has 0 atom stereocenters. The Morgan fingerprint density at radius 1 is 1.50 bits per heavy atom. The largest absolute Gasteiger partial charge is 0.376 e. The average molecular weight is 313 g/mol. The van der Waals surface area contributed by atoms with E-state index in [0.717, 1.165) is 17.7 Å². The van der Waals surface area contributed by atoms with Gasteiger partial charge < -0.3 is 4.74 Å². The number of nitrogens with zero attached hydrogens (tertiary/aromatic N) is 2. The van der Waals surface area contributed by atoms with Crippen LogP contribution in [0.3, 0.4) is 0 Å². The fourth-order valence-corrected chi connectivity index (χ4v) is 4.24. The van der Waals surface area contributed by atoms with Crippen molar-refractivity contribution >= 4 is 21.4 Å². The molecule has 2 aromatic heterocycles. The third-order valence-corrected chi connectivity index (χ3v) is 6.01. The molecule has 0 aromatic carbocycles. The molecule has 0 radical (unpaired) electrons. The molecule has 0 bridgehead atoms. The minimum Gasteiger partial charge on any atom is -0.376 e. The summed E-state index contributed by atoms with van der Waals surface area (Å²) in [5.41, 5.74) is 2.24. The lowest BCUT2D eigenvalue weighted by molar-refractivity contribution is 0.109. The predicted octanol–water partition coefficient (Wildman–Crippen LogP) is 0.996. The second-order valence-corrected chi connectivity index (χ2v) is 7.41. The maximum atomic E-state index is 12.0. The second-order valence-electron chi connectivity index (χ2n) is 4.47. The Balaban J connectivity index is 1.62. The van der Waals surface area contributed by atoms with Gasteiger partial charge in [-0.05, 0) is 11.4 Å². The minimum absolute atomic E-state index is 0.329. The van der Waals surface area contributed by atoms with Crippen molar-refractivity contribution in [3.63, 3.8) is 0 Å². The summed E-state index contributed by atoms with van der Waals surface area (Å²) in [6.45, 7) is 2.14. The van der Waals surface area contributed by atoms with Gasteiger partial charge >= 0.3 is 0 Å². The molecule has 108 valence electrons. The van der Waals surface area contributed by atoms with Crippen molar-refractivity contribution in [3.8, 4) is 0 Å². The van der Waals surface area contributed by atoms with Crippen molar-refractivity contribution in [2.24, 2.45) is 0 Å². The van der Waals surface area contributed by atoms with Crippen LogP contribution >= 0.6 is 11.3 Å². The molecule has 1 aliphatic heterocycles. The number of rotatable bonds is 5. The molecule has 0 spiro atoms. The monoisotopic (exact) mass is 313 g/mol. The van der Waals surface area contributed by atoms with E-state index >= 15 is 0 Å².